The van der Waals surface area contributed by atoms with Crippen molar-refractivity contribution in [3.8, 4) is 0 Å². The maximum absolute atomic E-state index is 10.4. The number of benzene rings is 1. The van der Waals surface area contributed by atoms with E-state index in [4.69, 9.17) is 5.11 Å². The van der Waals surface area contributed by atoms with Crippen LogP contribution in [0, 0.1) is 0 Å². The molecule has 3 nitrogen and oxygen atoms in total. The summed E-state index contributed by atoms with van der Waals surface area (Å²) in [7, 11) is 0. The van der Waals surface area contributed by atoms with E-state index in [0.29, 0.717) is 0 Å². The number of thioether (sulfide) groups is 1. The van der Waals surface area contributed by atoms with Crippen LogP contribution in [0.25, 0.3) is 6.08 Å². The van der Waals surface area contributed by atoms with Gasteiger partial charge in [-0.05, 0) is 17.2 Å². The highest BCUT2D eigenvalue weighted by Gasteiger charge is 2.10. The summed E-state index contributed by atoms with van der Waals surface area (Å²) in [5, 5.41) is 8.55. The smallest absolute Gasteiger partial charge is 0.328 e. The van der Waals surface area contributed by atoms with Gasteiger partial charge in [-0.3, -0.25) is 4.90 Å². The first-order valence-electron chi connectivity index (χ1n) is 6.04. The van der Waals surface area contributed by atoms with Crippen LogP contribution in [0.1, 0.15) is 11.1 Å². The minimum atomic E-state index is -0.912. The highest BCUT2D eigenvalue weighted by Crippen LogP contribution is 2.13. The number of carboxylic acid groups (broad SMARTS) is 1. The van der Waals surface area contributed by atoms with E-state index < -0.39 is 5.97 Å². The molecule has 0 bridgehead atoms. The summed E-state index contributed by atoms with van der Waals surface area (Å²) in [6.45, 7) is 3.31. The summed E-state index contributed by atoms with van der Waals surface area (Å²) < 4.78 is 0. The maximum Gasteiger partial charge on any atom is 0.328 e. The fourth-order valence-corrected chi connectivity index (χ4v) is 2.90. The Morgan fingerprint density at radius 3 is 2.56 bits per heavy atom. The second-order valence-electron chi connectivity index (χ2n) is 4.30. The predicted octanol–water partition coefficient (Wildman–Crippen LogP) is 2.33. The number of nitrogens with zero attached hydrogens (tertiary/aromatic N) is 1. The Morgan fingerprint density at radius 2 is 1.94 bits per heavy atom. The lowest BCUT2D eigenvalue weighted by atomic mass is 10.1. The lowest BCUT2D eigenvalue weighted by Crippen LogP contribution is -2.31. The highest BCUT2D eigenvalue weighted by atomic mass is 32.2. The third-order valence-electron chi connectivity index (χ3n) is 2.91. The molecule has 1 aliphatic rings. The second-order valence-corrected chi connectivity index (χ2v) is 5.53. The Bertz CT molecular complexity index is 422. The summed E-state index contributed by atoms with van der Waals surface area (Å²) in [5.41, 5.74) is 2.21. The van der Waals surface area contributed by atoms with E-state index in [-0.39, 0.29) is 0 Å². The lowest BCUT2D eigenvalue weighted by molar-refractivity contribution is -0.131. The molecule has 2 rings (SSSR count). The van der Waals surface area contributed by atoms with Crippen molar-refractivity contribution in [2.45, 2.75) is 6.54 Å². The van der Waals surface area contributed by atoms with Gasteiger partial charge in [-0.25, -0.2) is 4.79 Å². The molecule has 0 spiro atoms. The van der Waals surface area contributed by atoms with E-state index in [2.05, 4.69) is 17.0 Å². The molecule has 0 saturated carbocycles. The molecule has 0 amide bonds. The molecular formula is C14H17NO2S. The van der Waals surface area contributed by atoms with Crippen LogP contribution in [-0.2, 0) is 11.3 Å². The number of hydrogen-bond donors (Lipinski definition) is 1. The van der Waals surface area contributed by atoms with Crippen molar-refractivity contribution in [3.63, 3.8) is 0 Å². The van der Waals surface area contributed by atoms with Crippen molar-refractivity contribution in [3.05, 3.63) is 41.5 Å². The van der Waals surface area contributed by atoms with E-state index in [0.717, 1.165) is 31.3 Å². The molecule has 96 valence electrons. The zero-order chi connectivity index (χ0) is 12.8. The van der Waals surface area contributed by atoms with Crippen LogP contribution in [0.5, 0.6) is 0 Å². The first kappa shape index (κ1) is 13.2. The van der Waals surface area contributed by atoms with E-state index in [1.807, 2.05) is 23.9 Å². The molecule has 4 heteroatoms. The molecule has 0 radical (unpaired) electrons. The Kier molecular flexibility index (Phi) is 4.84. The van der Waals surface area contributed by atoms with Gasteiger partial charge in [-0.2, -0.15) is 11.8 Å². The third kappa shape index (κ3) is 4.20. The number of rotatable bonds is 4. The quantitative estimate of drug-likeness (QED) is 0.846. The van der Waals surface area contributed by atoms with Gasteiger partial charge in [-0.1, -0.05) is 24.3 Å². The second kappa shape index (κ2) is 6.61. The van der Waals surface area contributed by atoms with Crippen molar-refractivity contribution in [2.24, 2.45) is 0 Å². The first-order valence-corrected chi connectivity index (χ1v) is 7.19. The maximum atomic E-state index is 10.4. The Morgan fingerprint density at radius 1 is 1.28 bits per heavy atom. The van der Waals surface area contributed by atoms with Crippen LogP contribution < -0.4 is 0 Å². The van der Waals surface area contributed by atoms with Crippen LogP contribution in [0.15, 0.2) is 30.3 Å². The summed E-state index contributed by atoms with van der Waals surface area (Å²) in [6.07, 6.45) is 2.78. The van der Waals surface area contributed by atoms with Crippen LogP contribution in [0.2, 0.25) is 0 Å². The SMILES string of the molecule is O=C(O)/C=C/c1ccc(CN2CCSCC2)cc1. The van der Waals surface area contributed by atoms with Crippen LogP contribution in [-0.4, -0.2) is 40.6 Å². The first-order chi connectivity index (χ1) is 8.74. The van der Waals surface area contributed by atoms with Gasteiger partial charge in [0.05, 0.1) is 0 Å². The number of aliphatic carboxylic acids is 1. The third-order valence-corrected chi connectivity index (χ3v) is 3.85. The van der Waals surface area contributed by atoms with Gasteiger partial charge in [0.25, 0.3) is 0 Å². The van der Waals surface area contributed by atoms with E-state index in [1.54, 1.807) is 6.08 Å². The zero-order valence-electron chi connectivity index (χ0n) is 10.2. The number of carbonyl (C=O) groups is 1. The Balaban J connectivity index is 1.92. The minimum absolute atomic E-state index is 0.912. The molecule has 1 aliphatic heterocycles. The summed E-state index contributed by atoms with van der Waals surface area (Å²) in [5.74, 6) is 1.53. The van der Waals surface area contributed by atoms with Gasteiger partial charge in [0.1, 0.15) is 0 Å². The van der Waals surface area contributed by atoms with Crippen molar-refractivity contribution >= 4 is 23.8 Å². The van der Waals surface area contributed by atoms with Gasteiger partial charge in [0, 0.05) is 37.2 Å². The normalized spacial score (nSPS) is 17.1. The molecule has 0 unspecified atom stereocenters. The average Bonchev–Trinajstić information content (AvgIpc) is 2.39. The molecule has 1 heterocycles. The molecule has 1 fully saturated rings. The molecule has 1 saturated heterocycles. The van der Waals surface area contributed by atoms with Crippen LogP contribution >= 0.6 is 11.8 Å². The fourth-order valence-electron chi connectivity index (χ4n) is 1.92. The largest absolute Gasteiger partial charge is 0.478 e. The van der Waals surface area contributed by atoms with Crippen molar-refractivity contribution < 1.29 is 9.90 Å². The Labute approximate surface area is 111 Å². The van der Waals surface area contributed by atoms with Crippen LogP contribution in [0.3, 0.4) is 0 Å². The topological polar surface area (TPSA) is 40.5 Å². The van der Waals surface area contributed by atoms with Crippen molar-refractivity contribution in [2.75, 3.05) is 24.6 Å². The van der Waals surface area contributed by atoms with Gasteiger partial charge in [-0.15, -0.1) is 0 Å². The highest BCUT2D eigenvalue weighted by molar-refractivity contribution is 7.99. The minimum Gasteiger partial charge on any atom is -0.478 e. The number of hydrogen-bond acceptors (Lipinski definition) is 3. The molecule has 1 aromatic rings. The van der Waals surface area contributed by atoms with E-state index in [1.165, 1.54) is 17.1 Å². The van der Waals surface area contributed by atoms with Gasteiger partial charge in [0.2, 0.25) is 0 Å². The molecule has 0 atom stereocenters. The number of carboxylic acids is 1. The predicted molar refractivity (Wildman–Crippen MR) is 75.7 cm³/mol. The molecule has 1 aromatic carbocycles. The van der Waals surface area contributed by atoms with Crippen molar-refractivity contribution in [1.82, 2.24) is 4.90 Å². The Hall–Kier alpha value is -1.26. The molecule has 0 aromatic heterocycles. The van der Waals surface area contributed by atoms with Gasteiger partial charge in [0.15, 0.2) is 0 Å². The van der Waals surface area contributed by atoms with E-state index >= 15 is 0 Å². The zero-order valence-corrected chi connectivity index (χ0v) is 11.0. The summed E-state index contributed by atoms with van der Waals surface area (Å²) in [4.78, 5) is 12.9. The van der Waals surface area contributed by atoms with E-state index in [9.17, 15) is 4.79 Å². The fraction of sp³-hybridized carbons (Fsp3) is 0.357. The molecular weight excluding hydrogens is 246 g/mol. The summed E-state index contributed by atoms with van der Waals surface area (Å²) in [6, 6.07) is 8.08. The summed E-state index contributed by atoms with van der Waals surface area (Å²) >= 11 is 2.01. The standard InChI is InChI=1S/C14H17NO2S/c16-14(17)6-5-12-1-3-13(4-2-12)11-15-7-9-18-10-8-15/h1-6H,7-11H2,(H,16,17)/b6-5+. The monoisotopic (exact) mass is 263 g/mol. The average molecular weight is 263 g/mol. The lowest BCUT2D eigenvalue weighted by Gasteiger charge is -2.26. The molecule has 1 N–H and O–H groups in total. The molecule has 0 aliphatic carbocycles. The van der Waals surface area contributed by atoms with Gasteiger partial charge >= 0.3 is 5.97 Å². The van der Waals surface area contributed by atoms with Gasteiger partial charge < -0.3 is 5.11 Å². The molecule has 18 heavy (non-hydrogen) atoms. The van der Waals surface area contributed by atoms with Crippen LogP contribution in [0.4, 0.5) is 0 Å². The van der Waals surface area contributed by atoms with Crippen molar-refractivity contribution in [1.29, 1.82) is 0 Å².